The van der Waals surface area contributed by atoms with E-state index in [0.29, 0.717) is 12.1 Å². The summed E-state index contributed by atoms with van der Waals surface area (Å²) < 4.78 is 13.6. The molecule has 0 aliphatic carbocycles. The average molecular weight is 400 g/mol. The van der Waals surface area contributed by atoms with Gasteiger partial charge in [-0.25, -0.2) is 4.39 Å². The van der Waals surface area contributed by atoms with Gasteiger partial charge < -0.3 is 15.5 Å². The number of hydrogen-bond acceptors (Lipinski definition) is 3. The van der Waals surface area contributed by atoms with E-state index in [4.69, 9.17) is 0 Å². The summed E-state index contributed by atoms with van der Waals surface area (Å²) >= 11 is 0. The highest BCUT2D eigenvalue weighted by Crippen LogP contribution is 2.18. The first-order chi connectivity index (χ1) is 13.8. The molecule has 0 bridgehead atoms. The zero-order valence-corrected chi connectivity index (χ0v) is 17.5. The zero-order chi connectivity index (χ0) is 21.4. The number of carbonyl (C=O) groups is 2. The lowest BCUT2D eigenvalue weighted by atomic mass is 9.97. The van der Waals surface area contributed by atoms with Gasteiger partial charge in [0.05, 0.1) is 6.04 Å². The molecule has 0 radical (unpaired) electrons. The lowest BCUT2D eigenvalue weighted by Gasteiger charge is -2.28. The number of halogens is 1. The molecule has 2 N–H and O–H groups in total. The van der Waals surface area contributed by atoms with Crippen LogP contribution in [0.5, 0.6) is 0 Å². The molecule has 2 amide bonds. The number of benzene rings is 2. The minimum absolute atomic E-state index is 0.0327. The van der Waals surface area contributed by atoms with Crippen LogP contribution in [0.15, 0.2) is 54.6 Å². The van der Waals surface area contributed by atoms with Crippen molar-refractivity contribution in [3.8, 4) is 0 Å². The minimum Gasteiger partial charge on any atom is -0.352 e. The Kier molecular flexibility index (Phi) is 8.34. The first-order valence-electron chi connectivity index (χ1n) is 9.89. The molecule has 3 unspecified atom stereocenters. The molecule has 5 nitrogen and oxygen atoms in total. The van der Waals surface area contributed by atoms with Crippen molar-refractivity contribution in [2.45, 2.75) is 32.4 Å². The number of nitrogens with zero attached hydrogens (tertiary/aromatic N) is 1. The first-order valence-corrected chi connectivity index (χ1v) is 9.89. The molecule has 2 aromatic rings. The van der Waals surface area contributed by atoms with Gasteiger partial charge in [0.25, 0.3) is 5.91 Å². The van der Waals surface area contributed by atoms with Crippen LogP contribution in [0.4, 0.5) is 4.39 Å². The van der Waals surface area contributed by atoms with Gasteiger partial charge in [-0.3, -0.25) is 9.59 Å². The van der Waals surface area contributed by atoms with Crippen LogP contribution in [0.3, 0.4) is 0 Å². The topological polar surface area (TPSA) is 61.4 Å². The molecule has 0 aliphatic heterocycles. The molecular weight excluding hydrogens is 369 g/mol. The number of hydrogen-bond donors (Lipinski definition) is 2. The molecule has 2 aromatic carbocycles. The quantitative estimate of drug-likeness (QED) is 0.680. The normalized spacial score (nSPS) is 14.1. The van der Waals surface area contributed by atoms with Gasteiger partial charge >= 0.3 is 0 Å². The second-order valence-corrected chi connectivity index (χ2v) is 7.48. The maximum absolute atomic E-state index is 13.6. The highest BCUT2D eigenvalue weighted by Gasteiger charge is 2.27. The van der Waals surface area contributed by atoms with Crippen molar-refractivity contribution in [3.63, 3.8) is 0 Å². The van der Waals surface area contributed by atoms with E-state index in [0.717, 1.165) is 12.0 Å². The van der Waals surface area contributed by atoms with Gasteiger partial charge in [-0.15, -0.1) is 0 Å². The largest absolute Gasteiger partial charge is 0.352 e. The summed E-state index contributed by atoms with van der Waals surface area (Å²) in [5, 5.41) is 5.80. The molecular formula is C23H30FN3O2. The van der Waals surface area contributed by atoms with Crippen molar-refractivity contribution in [1.29, 1.82) is 0 Å². The summed E-state index contributed by atoms with van der Waals surface area (Å²) in [5.41, 5.74) is 1.29. The Morgan fingerprint density at radius 2 is 1.76 bits per heavy atom. The van der Waals surface area contributed by atoms with Gasteiger partial charge in [0.2, 0.25) is 5.91 Å². The monoisotopic (exact) mass is 399 g/mol. The van der Waals surface area contributed by atoms with E-state index in [-0.39, 0.29) is 29.6 Å². The Balaban J connectivity index is 2.09. The van der Waals surface area contributed by atoms with E-state index in [1.807, 2.05) is 45.0 Å². The Morgan fingerprint density at radius 3 is 2.34 bits per heavy atom. The van der Waals surface area contributed by atoms with Crippen molar-refractivity contribution >= 4 is 11.8 Å². The van der Waals surface area contributed by atoms with Gasteiger partial charge in [0.15, 0.2) is 0 Å². The average Bonchev–Trinajstić information content (AvgIpc) is 2.71. The van der Waals surface area contributed by atoms with Crippen molar-refractivity contribution in [2.75, 3.05) is 20.6 Å². The number of amides is 2. The fourth-order valence-corrected chi connectivity index (χ4v) is 3.14. The molecule has 6 heteroatoms. The summed E-state index contributed by atoms with van der Waals surface area (Å²) in [4.78, 5) is 27.4. The van der Waals surface area contributed by atoms with E-state index < -0.39 is 6.04 Å². The van der Waals surface area contributed by atoms with Crippen LogP contribution in [0.25, 0.3) is 0 Å². The van der Waals surface area contributed by atoms with Crippen LogP contribution in [0.2, 0.25) is 0 Å². The van der Waals surface area contributed by atoms with Crippen molar-refractivity contribution in [2.24, 2.45) is 5.92 Å². The molecule has 0 fully saturated rings. The third-order valence-corrected chi connectivity index (χ3v) is 5.14. The molecule has 0 saturated carbocycles. The van der Waals surface area contributed by atoms with E-state index in [1.165, 1.54) is 12.1 Å². The highest BCUT2D eigenvalue weighted by atomic mass is 19.1. The lowest BCUT2D eigenvalue weighted by molar-refractivity contribution is -0.124. The molecule has 3 atom stereocenters. The fraction of sp³-hybridized carbons (Fsp3) is 0.391. The third-order valence-electron chi connectivity index (χ3n) is 5.14. The molecule has 0 spiro atoms. The summed E-state index contributed by atoms with van der Waals surface area (Å²) in [7, 11) is 3.76. The maximum atomic E-state index is 13.6. The standard InChI is InChI=1S/C23H30FN3O2/c1-5-16(2)21(26-22(28)17-10-7-6-8-11-17)23(29)25-15-20(27(3)4)18-12-9-13-19(24)14-18/h6-14,16,20-21H,5,15H2,1-4H3,(H,25,29)(H,26,28). The van der Waals surface area contributed by atoms with Crippen molar-refractivity contribution < 1.29 is 14.0 Å². The zero-order valence-electron chi connectivity index (χ0n) is 17.5. The third kappa shape index (κ3) is 6.39. The van der Waals surface area contributed by atoms with E-state index in [1.54, 1.807) is 30.3 Å². The SMILES string of the molecule is CCC(C)C(NC(=O)c1ccccc1)C(=O)NCC(c1cccc(F)c1)N(C)C. The molecule has 29 heavy (non-hydrogen) atoms. The van der Waals surface area contributed by atoms with Gasteiger partial charge in [-0.2, -0.15) is 0 Å². The van der Waals surface area contributed by atoms with Crippen LogP contribution in [0.1, 0.15) is 42.2 Å². The predicted octanol–water partition coefficient (Wildman–Crippen LogP) is 3.39. The summed E-state index contributed by atoms with van der Waals surface area (Å²) in [5.74, 6) is -0.866. The number of nitrogens with one attached hydrogen (secondary N) is 2. The summed E-state index contributed by atoms with van der Waals surface area (Å²) in [6.07, 6.45) is 0.744. The fourth-order valence-electron chi connectivity index (χ4n) is 3.14. The molecule has 0 heterocycles. The maximum Gasteiger partial charge on any atom is 0.251 e. The van der Waals surface area contributed by atoms with Crippen LogP contribution in [0, 0.1) is 11.7 Å². The van der Waals surface area contributed by atoms with E-state index in [9.17, 15) is 14.0 Å². The lowest BCUT2D eigenvalue weighted by Crippen LogP contribution is -2.51. The van der Waals surface area contributed by atoms with E-state index >= 15 is 0 Å². The highest BCUT2D eigenvalue weighted by molar-refractivity contribution is 5.97. The van der Waals surface area contributed by atoms with Crippen molar-refractivity contribution in [1.82, 2.24) is 15.5 Å². The van der Waals surface area contributed by atoms with Crippen LogP contribution >= 0.6 is 0 Å². The minimum atomic E-state index is -0.650. The second-order valence-electron chi connectivity index (χ2n) is 7.48. The van der Waals surface area contributed by atoms with Crippen LogP contribution in [-0.2, 0) is 4.79 Å². The summed E-state index contributed by atoms with van der Waals surface area (Å²) in [6.45, 7) is 4.23. The van der Waals surface area contributed by atoms with Gasteiger partial charge in [0.1, 0.15) is 11.9 Å². The number of carbonyl (C=O) groups excluding carboxylic acids is 2. The van der Waals surface area contributed by atoms with Crippen LogP contribution < -0.4 is 10.6 Å². The second kappa shape index (κ2) is 10.7. The first kappa shape index (κ1) is 22.6. The summed E-state index contributed by atoms with van der Waals surface area (Å²) in [6, 6.07) is 14.4. The van der Waals surface area contributed by atoms with Crippen molar-refractivity contribution in [3.05, 3.63) is 71.5 Å². The van der Waals surface area contributed by atoms with Gasteiger partial charge in [0, 0.05) is 12.1 Å². The number of likely N-dealkylation sites (N-methyl/N-ethyl adjacent to an activating group) is 1. The Labute approximate surface area is 172 Å². The molecule has 0 saturated heterocycles. The smallest absolute Gasteiger partial charge is 0.251 e. The van der Waals surface area contributed by atoms with Gasteiger partial charge in [-0.1, -0.05) is 50.6 Å². The van der Waals surface area contributed by atoms with Gasteiger partial charge in [-0.05, 0) is 49.8 Å². The van der Waals surface area contributed by atoms with Crippen LogP contribution in [-0.4, -0.2) is 43.4 Å². The molecule has 0 aromatic heterocycles. The molecule has 156 valence electrons. The Hall–Kier alpha value is -2.73. The van der Waals surface area contributed by atoms with E-state index in [2.05, 4.69) is 10.6 Å². The molecule has 0 aliphatic rings. The molecule has 2 rings (SSSR count). The predicted molar refractivity (Wildman–Crippen MR) is 113 cm³/mol. The Morgan fingerprint density at radius 1 is 1.07 bits per heavy atom. The Bertz CT molecular complexity index is 811. The number of rotatable bonds is 9.